The third kappa shape index (κ3) is 3.23. The monoisotopic (exact) mass is 419 g/mol. The van der Waals surface area contributed by atoms with E-state index in [2.05, 4.69) is 32.8 Å². The Labute approximate surface area is 179 Å². The van der Waals surface area contributed by atoms with Gasteiger partial charge in [0.1, 0.15) is 6.07 Å². The molecule has 5 atom stereocenters. The van der Waals surface area contributed by atoms with Gasteiger partial charge in [-0.15, -0.1) is 0 Å². The normalized spacial score (nSPS) is 25.5. The first-order valence-corrected chi connectivity index (χ1v) is 10.8. The van der Waals surface area contributed by atoms with E-state index in [9.17, 15) is 4.79 Å². The maximum absolute atomic E-state index is 12.6. The van der Waals surface area contributed by atoms with Crippen LogP contribution in [0.15, 0.2) is 42.9 Å². The predicted octanol–water partition coefficient (Wildman–Crippen LogP) is 4.36. The zero-order valence-electron chi connectivity index (χ0n) is 16.6. The molecule has 2 aliphatic rings. The Morgan fingerprint density at radius 1 is 1.30 bits per heavy atom. The van der Waals surface area contributed by atoms with Crippen LogP contribution in [0.4, 0.5) is 0 Å². The van der Waals surface area contributed by atoms with Gasteiger partial charge in [0.05, 0.1) is 17.4 Å². The van der Waals surface area contributed by atoms with Crippen molar-refractivity contribution in [1.82, 2.24) is 19.9 Å². The third-order valence-electron chi connectivity index (χ3n) is 6.77. The number of hydrogen-bond donors (Lipinski definition) is 1. The smallest absolute Gasteiger partial charge is 0.251 e. The van der Waals surface area contributed by atoms with E-state index >= 15 is 0 Å². The lowest BCUT2D eigenvalue weighted by Crippen LogP contribution is -2.37. The first-order chi connectivity index (χ1) is 14.6. The van der Waals surface area contributed by atoms with Gasteiger partial charge >= 0.3 is 0 Å². The summed E-state index contributed by atoms with van der Waals surface area (Å²) in [6, 6.07) is 11.6. The van der Waals surface area contributed by atoms with Crippen molar-refractivity contribution in [2.24, 2.45) is 17.8 Å². The Balaban J connectivity index is 1.26. The van der Waals surface area contributed by atoms with Crippen LogP contribution in [0.1, 0.15) is 48.1 Å². The summed E-state index contributed by atoms with van der Waals surface area (Å²) in [7, 11) is 0. The molecule has 2 fully saturated rings. The number of halogens is 1. The number of pyridine rings is 1. The van der Waals surface area contributed by atoms with Gasteiger partial charge in [-0.1, -0.05) is 18.5 Å². The molecule has 0 spiro atoms. The summed E-state index contributed by atoms with van der Waals surface area (Å²) in [5, 5.41) is 13.0. The molecule has 2 saturated carbocycles. The number of benzene rings is 1. The number of nitrogens with one attached hydrogen (secondary N) is 1. The van der Waals surface area contributed by atoms with Crippen LogP contribution in [-0.4, -0.2) is 26.5 Å². The highest BCUT2D eigenvalue weighted by Gasteiger charge is 2.59. The summed E-state index contributed by atoms with van der Waals surface area (Å²) in [5.41, 5.74) is 2.82. The molecule has 30 heavy (non-hydrogen) atoms. The lowest BCUT2D eigenvalue weighted by molar-refractivity contribution is 0.0927. The van der Waals surface area contributed by atoms with Crippen LogP contribution in [0, 0.1) is 29.1 Å². The Hall–Kier alpha value is -2.91. The lowest BCUT2D eigenvalue weighted by Gasteiger charge is -2.22. The largest absolute Gasteiger partial charge is 0.349 e. The van der Waals surface area contributed by atoms with E-state index < -0.39 is 0 Å². The molecule has 1 amide bonds. The summed E-state index contributed by atoms with van der Waals surface area (Å²) in [4.78, 5) is 21.3. The van der Waals surface area contributed by atoms with E-state index in [1.165, 1.54) is 0 Å². The molecule has 6 nitrogen and oxygen atoms in total. The van der Waals surface area contributed by atoms with E-state index in [1.54, 1.807) is 30.5 Å². The molecule has 1 N–H and O–H groups in total. The quantitative estimate of drug-likeness (QED) is 0.665. The minimum atomic E-state index is -0.0317. The standard InChI is InChI=1S/C23H22ClN5O/c1-2-19(28-23(30)14-3-5-15(24)6-4-14)21-17-8-16(9-18(17)21)29-12-27-22-20(29)7-13(10-25)11-26-22/h3-7,11-12,16-19,21H,2,8-9H2,1H3,(H,28,30)/t16?,17-,18?,19?,21?/m0/s1. The van der Waals surface area contributed by atoms with Crippen LogP contribution in [0.2, 0.25) is 5.02 Å². The molecule has 0 aliphatic heterocycles. The zero-order valence-corrected chi connectivity index (χ0v) is 17.4. The molecule has 2 aliphatic carbocycles. The topological polar surface area (TPSA) is 83.6 Å². The lowest BCUT2D eigenvalue weighted by atomic mass is 9.99. The van der Waals surface area contributed by atoms with Crippen molar-refractivity contribution in [3.63, 3.8) is 0 Å². The Morgan fingerprint density at radius 3 is 2.70 bits per heavy atom. The summed E-state index contributed by atoms with van der Waals surface area (Å²) < 4.78 is 2.18. The van der Waals surface area contributed by atoms with Crippen molar-refractivity contribution in [2.45, 2.75) is 38.3 Å². The van der Waals surface area contributed by atoms with E-state index in [0.29, 0.717) is 45.6 Å². The van der Waals surface area contributed by atoms with Crippen LogP contribution < -0.4 is 5.32 Å². The highest BCUT2D eigenvalue weighted by molar-refractivity contribution is 6.30. The molecule has 2 aromatic heterocycles. The Morgan fingerprint density at radius 2 is 2.03 bits per heavy atom. The number of fused-ring (bicyclic) bond motifs is 2. The molecule has 4 unspecified atom stereocenters. The summed E-state index contributed by atoms with van der Waals surface area (Å²) in [5.74, 6) is 1.74. The number of amides is 1. The molecule has 2 heterocycles. The number of rotatable bonds is 5. The van der Waals surface area contributed by atoms with Gasteiger partial charge in [0.2, 0.25) is 0 Å². The maximum atomic E-state index is 12.6. The average molecular weight is 420 g/mol. The Bertz CT molecular complexity index is 1140. The van der Waals surface area contributed by atoms with Crippen molar-refractivity contribution >= 4 is 28.7 Å². The van der Waals surface area contributed by atoms with Crippen molar-refractivity contribution in [2.75, 3.05) is 0 Å². The van der Waals surface area contributed by atoms with Gasteiger partial charge in [0.15, 0.2) is 5.65 Å². The molecule has 3 aromatic rings. The number of hydrogen-bond acceptors (Lipinski definition) is 4. The number of imidazole rings is 1. The van der Waals surface area contributed by atoms with Crippen molar-refractivity contribution in [3.8, 4) is 6.07 Å². The van der Waals surface area contributed by atoms with Gasteiger partial charge < -0.3 is 9.88 Å². The van der Waals surface area contributed by atoms with E-state index in [0.717, 1.165) is 24.8 Å². The van der Waals surface area contributed by atoms with Crippen LogP contribution in [0.3, 0.4) is 0 Å². The number of carbonyl (C=O) groups is 1. The molecule has 5 rings (SSSR count). The van der Waals surface area contributed by atoms with Gasteiger partial charge in [-0.05, 0) is 67.3 Å². The van der Waals surface area contributed by atoms with Gasteiger partial charge in [-0.25, -0.2) is 9.97 Å². The minimum Gasteiger partial charge on any atom is -0.349 e. The average Bonchev–Trinajstić information content (AvgIpc) is 3.09. The van der Waals surface area contributed by atoms with E-state index in [1.807, 2.05) is 12.4 Å². The van der Waals surface area contributed by atoms with Gasteiger partial charge in [-0.3, -0.25) is 4.79 Å². The van der Waals surface area contributed by atoms with Crippen molar-refractivity contribution < 1.29 is 4.79 Å². The molecule has 0 radical (unpaired) electrons. The number of aromatic nitrogens is 3. The Kier molecular flexibility index (Phi) is 4.71. The second kappa shape index (κ2) is 7.41. The fourth-order valence-corrected chi connectivity index (χ4v) is 5.40. The molecular formula is C23H22ClN5O. The minimum absolute atomic E-state index is 0.0317. The van der Waals surface area contributed by atoms with Crippen LogP contribution >= 0.6 is 11.6 Å². The second-order valence-electron chi connectivity index (χ2n) is 8.36. The van der Waals surface area contributed by atoms with Crippen LogP contribution in [0.25, 0.3) is 11.2 Å². The molecular weight excluding hydrogens is 398 g/mol. The summed E-state index contributed by atoms with van der Waals surface area (Å²) >= 11 is 5.93. The first kappa shape index (κ1) is 19.1. The number of nitrogens with zero attached hydrogens (tertiary/aromatic N) is 4. The van der Waals surface area contributed by atoms with Crippen LogP contribution in [-0.2, 0) is 0 Å². The predicted molar refractivity (Wildman–Crippen MR) is 114 cm³/mol. The van der Waals surface area contributed by atoms with Gasteiger partial charge in [-0.2, -0.15) is 5.26 Å². The van der Waals surface area contributed by atoms with Crippen molar-refractivity contribution in [3.05, 3.63) is 59.0 Å². The highest BCUT2D eigenvalue weighted by Crippen LogP contribution is 2.62. The van der Waals surface area contributed by atoms with Gasteiger partial charge in [0, 0.05) is 28.9 Å². The van der Waals surface area contributed by atoms with Gasteiger partial charge in [0.25, 0.3) is 5.91 Å². The van der Waals surface area contributed by atoms with E-state index in [-0.39, 0.29) is 11.9 Å². The van der Waals surface area contributed by atoms with Crippen molar-refractivity contribution in [1.29, 1.82) is 5.26 Å². The molecule has 7 heteroatoms. The SMILES string of the molecule is CCC(NC(=O)c1ccc(Cl)cc1)C1C2CC(n3cnc4ncc(C#N)cc43)C[C@@H]21. The molecule has 0 bridgehead atoms. The summed E-state index contributed by atoms with van der Waals surface area (Å²) in [6.45, 7) is 2.14. The summed E-state index contributed by atoms with van der Waals surface area (Å²) in [6.07, 6.45) is 6.49. The molecule has 152 valence electrons. The third-order valence-corrected chi connectivity index (χ3v) is 7.02. The van der Waals surface area contributed by atoms with E-state index in [4.69, 9.17) is 16.9 Å². The fourth-order valence-electron chi connectivity index (χ4n) is 5.28. The highest BCUT2D eigenvalue weighted by atomic mass is 35.5. The number of carbonyl (C=O) groups excluding carboxylic acids is 1. The second-order valence-corrected chi connectivity index (χ2v) is 8.79. The zero-order chi connectivity index (χ0) is 20.8. The molecule has 0 saturated heterocycles. The molecule has 1 aromatic carbocycles. The number of nitriles is 1. The first-order valence-electron chi connectivity index (χ1n) is 10.4. The fraction of sp³-hybridized carbons (Fsp3) is 0.391. The van der Waals surface area contributed by atoms with Crippen LogP contribution in [0.5, 0.6) is 0 Å². The maximum Gasteiger partial charge on any atom is 0.251 e.